The van der Waals surface area contributed by atoms with Gasteiger partial charge in [-0.25, -0.2) is 4.79 Å². The van der Waals surface area contributed by atoms with Crippen molar-refractivity contribution in [2.45, 2.75) is 13.8 Å². The Morgan fingerprint density at radius 3 is 2.63 bits per heavy atom. The molecule has 3 rings (SSSR count). The highest BCUT2D eigenvalue weighted by molar-refractivity contribution is 6.32. The lowest BCUT2D eigenvalue weighted by atomic mass is 10.1. The fourth-order valence-corrected chi connectivity index (χ4v) is 3.31. The average molecular weight is 431 g/mol. The second-order valence-corrected chi connectivity index (χ2v) is 7.34. The largest absolute Gasteiger partial charge is 0.466 e. The van der Waals surface area contributed by atoms with Crippen molar-refractivity contribution in [2.24, 2.45) is 0 Å². The molecule has 2 aromatic carbocycles. The first kappa shape index (κ1) is 21.7. The zero-order valence-electron chi connectivity index (χ0n) is 17.0. The number of methoxy groups -OCH3 is 1. The molecule has 1 aliphatic rings. The zero-order valence-corrected chi connectivity index (χ0v) is 17.7. The number of rotatable bonds is 7. The van der Waals surface area contributed by atoms with Crippen molar-refractivity contribution in [3.05, 3.63) is 63.8 Å². The maximum absolute atomic E-state index is 12.6. The highest BCUT2D eigenvalue weighted by Gasteiger charge is 2.34. The molecule has 0 aromatic heterocycles. The van der Waals surface area contributed by atoms with Gasteiger partial charge in [0.15, 0.2) is 0 Å². The molecule has 2 aromatic rings. The van der Waals surface area contributed by atoms with Crippen molar-refractivity contribution in [1.29, 1.82) is 0 Å². The second kappa shape index (κ2) is 9.19. The lowest BCUT2D eigenvalue weighted by molar-refractivity contribution is -0.136. The molecular weight excluding hydrogens is 408 g/mol. The molecule has 2 N–H and O–H groups in total. The number of hydrogen-bond donors (Lipinski definition) is 2. The molecule has 0 radical (unpaired) electrons. The van der Waals surface area contributed by atoms with Crippen LogP contribution in [-0.2, 0) is 14.3 Å². The Bertz CT molecular complexity index is 1020. The molecule has 0 bridgehead atoms. The molecule has 0 fully saturated rings. The molecule has 0 spiro atoms. The summed E-state index contributed by atoms with van der Waals surface area (Å²) in [6, 6.07) is 10.9. The van der Waals surface area contributed by atoms with Crippen LogP contribution in [-0.4, -0.2) is 48.7 Å². The fourth-order valence-electron chi connectivity index (χ4n) is 3.09. The van der Waals surface area contributed by atoms with E-state index in [-0.39, 0.29) is 31.0 Å². The minimum atomic E-state index is -0.604. The van der Waals surface area contributed by atoms with Gasteiger partial charge in [0.1, 0.15) is 17.2 Å². The molecule has 0 atom stereocenters. The molecule has 1 heterocycles. The van der Waals surface area contributed by atoms with Crippen molar-refractivity contribution in [1.82, 2.24) is 4.90 Å². The lowest BCUT2D eigenvalue weighted by Crippen LogP contribution is -2.31. The molecule has 1 amide bonds. The summed E-state index contributed by atoms with van der Waals surface area (Å²) in [4.78, 5) is 26.1. The fraction of sp³-hybridized carbons (Fsp3) is 0.273. The number of benzene rings is 2. The predicted molar refractivity (Wildman–Crippen MR) is 114 cm³/mol. The first-order chi connectivity index (χ1) is 14.3. The number of carbonyl (C=O) groups is 2. The van der Waals surface area contributed by atoms with Gasteiger partial charge in [0.2, 0.25) is 0 Å². The van der Waals surface area contributed by atoms with Crippen molar-refractivity contribution in [3.63, 3.8) is 0 Å². The number of aryl methyl sites for hydroxylation is 2. The summed E-state index contributed by atoms with van der Waals surface area (Å²) in [5.74, 6) is 0.181. The van der Waals surface area contributed by atoms with Gasteiger partial charge in [0.25, 0.3) is 5.91 Å². The number of ether oxygens (including phenoxy) is 2. The number of amides is 1. The summed E-state index contributed by atoms with van der Waals surface area (Å²) in [5, 5.41) is 12.5. The van der Waals surface area contributed by atoms with E-state index < -0.39 is 11.9 Å². The number of hydrogen-bond acceptors (Lipinski definition) is 6. The number of nitrogens with one attached hydrogen (secondary N) is 1. The minimum absolute atomic E-state index is 0.0654. The van der Waals surface area contributed by atoms with Crippen LogP contribution in [0, 0.1) is 13.8 Å². The van der Waals surface area contributed by atoms with Crippen LogP contribution in [0.5, 0.6) is 11.5 Å². The number of aliphatic hydroxyl groups is 1. The van der Waals surface area contributed by atoms with Gasteiger partial charge in [0, 0.05) is 12.2 Å². The Kier molecular flexibility index (Phi) is 6.64. The molecule has 1 aliphatic heterocycles. The maximum atomic E-state index is 12.6. The predicted octanol–water partition coefficient (Wildman–Crippen LogP) is 3.42. The number of aliphatic hydroxyl groups excluding tert-OH is 1. The maximum Gasteiger partial charge on any atom is 0.337 e. The molecule has 0 aliphatic carbocycles. The van der Waals surface area contributed by atoms with Gasteiger partial charge in [-0.3, -0.25) is 4.79 Å². The van der Waals surface area contributed by atoms with E-state index in [1.54, 1.807) is 18.2 Å². The molecule has 8 heteroatoms. The number of nitrogens with zero attached hydrogens (tertiary/aromatic N) is 1. The molecular formula is C22H23ClN2O5. The summed E-state index contributed by atoms with van der Waals surface area (Å²) in [6.07, 6.45) is 0. The number of esters is 1. The Hall–Kier alpha value is -3.03. The third-order valence-corrected chi connectivity index (χ3v) is 5.01. The number of halogens is 1. The molecule has 158 valence electrons. The monoisotopic (exact) mass is 430 g/mol. The van der Waals surface area contributed by atoms with E-state index in [4.69, 9.17) is 26.2 Å². The van der Waals surface area contributed by atoms with Crippen molar-refractivity contribution < 1.29 is 24.2 Å². The van der Waals surface area contributed by atoms with E-state index in [1.807, 2.05) is 32.0 Å². The minimum Gasteiger partial charge on any atom is -0.466 e. The van der Waals surface area contributed by atoms with Crippen LogP contribution < -0.4 is 10.1 Å². The van der Waals surface area contributed by atoms with E-state index in [9.17, 15) is 9.59 Å². The van der Waals surface area contributed by atoms with Crippen LogP contribution in [0.3, 0.4) is 0 Å². The molecule has 0 saturated heterocycles. The molecule has 0 unspecified atom stereocenters. The molecule has 0 saturated carbocycles. The SMILES string of the molecule is COC(=O)C1=C(Nc2ccc(Oc3cc(C)ccc3C)c(Cl)c2)C(=O)N(CCO)C1. The standard InChI is InChI=1S/C22H23ClN2O5/c1-13-4-5-14(2)19(10-13)30-18-7-6-15(11-17(18)23)24-20-16(22(28)29-3)12-25(8-9-26)21(20)27/h4-7,10-11,24,26H,8-9,12H2,1-3H3. The number of anilines is 1. The number of β-amino-alcohol motifs (C(OH)–C–C–N with tert-alkyl or cyclic N) is 1. The van der Waals surface area contributed by atoms with E-state index in [2.05, 4.69) is 5.32 Å². The zero-order chi connectivity index (χ0) is 21.8. The first-order valence-electron chi connectivity index (χ1n) is 9.37. The molecule has 30 heavy (non-hydrogen) atoms. The van der Waals surface area contributed by atoms with Crippen LogP contribution >= 0.6 is 11.6 Å². The third kappa shape index (κ3) is 4.58. The highest BCUT2D eigenvalue weighted by Crippen LogP contribution is 2.34. The Morgan fingerprint density at radius 1 is 1.20 bits per heavy atom. The van der Waals surface area contributed by atoms with Crippen LogP contribution in [0.4, 0.5) is 5.69 Å². The topological polar surface area (TPSA) is 88.1 Å². The highest BCUT2D eigenvalue weighted by atomic mass is 35.5. The summed E-state index contributed by atoms with van der Waals surface area (Å²) in [7, 11) is 1.25. The van der Waals surface area contributed by atoms with Gasteiger partial charge >= 0.3 is 5.97 Å². The smallest absolute Gasteiger partial charge is 0.337 e. The first-order valence-corrected chi connectivity index (χ1v) is 9.75. The van der Waals surface area contributed by atoms with Gasteiger partial charge in [-0.15, -0.1) is 0 Å². The van der Waals surface area contributed by atoms with Crippen molar-refractivity contribution >= 4 is 29.2 Å². The quantitative estimate of drug-likeness (QED) is 0.654. The van der Waals surface area contributed by atoms with Crippen LogP contribution in [0.1, 0.15) is 11.1 Å². The van der Waals surface area contributed by atoms with Gasteiger partial charge in [0.05, 0.1) is 30.9 Å². The average Bonchev–Trinajstić information content (AvgIpc) is 3.02. The van der Waals surface area contributed by atoms with Gasteiger partial charge < -0.3 is 24.8 Å². The number of carbonyl (C=O) groups excluding carboxylic acids is 2. The second-order valence-electron chi connectivity index (χ2n) is 6.94. The van der Waals surface area contributed by atoms with Gasteiger partial charge in [-0.05, 0) is 49.2 Å². The van der Waals surface area contributed by atoms with E-state index in [0.29, 0.717) is 22.2 Å². The summed E-state index contributed by atoms with van der Waals surface area (Å²) in [5.41, 5.74) is 2.87. The summed E-state index contributed by atoms with van der Waals surface area (Å²) >= 11 is 6.40. The van der Waals surface area contributed by atoms with Crippen molar-refractivity contribution in [3.8, 4) is 11.5 Å². The van der Waals surface area contributed by atoms with Gasteiger partial charge in [-0.1, -0.05) is 23.7 Å². The summed E-state index contributed by atoms with van der Waals surface area (Å²) in [6.45, 7) is 3.91. The van der Waals surface area contributed by atoms with Crippen LogP contribution in [0.15, 0.2) is 47.7 Å². The summed E-state index contributed by atoms with van der Waals surface area (Å²) < 4.78 is 10.7. The van der Waals surface area contributed by atoms with E-state index >= 15 is 0 Å². The van der Waals surface area contributed by atoms with E-state index in [0.717, 1.165) is 11.1 Å². The Morgan fingerprint density at radius 2 is 1.97 bits per heavy atom. The van der Waals surface area contributed by atoms with Crippen LogP contribution in [0.25, 0.3) is 0 Å². The van der Waals surface area contributed by atoms with Crippen molar-refractivity contribution in [2.75, 3.05) is 32.1 Å². The lowest BCUT2D eigenvalue weighted by Gasteiger charge is -2.15. The third-order valence-electron chi connectivity index (χ3n) is 4.72. The van der Waals surface area contributed by atoms with Gasteiger partial charge in [-0.2, -0.15) is 0 Å². The van der Waals surface area contributed by atoms with Crippen LogP contribution in [0.2, 0.25) is 5.02 Å². The Labute approximate surface area is 179 Å². The normalized spacial score (nSPS) is 13.6. The Balaban J connectivity index is 1.84. The molecule has 7 nitrogen and oxygen atoms in total. The van der Waals surface area contributed by atoms with E-state index in [1.165, 1.54) is 12.0 Å².